The van der Waals surface area contributed by atoms with E-state index in [4.69, 9.17) is 10.8 Å². The number of nitrogens with zero attached hydrogens (tertiary/aromatic N) is 1. The second-order valence-electron chi connectivity index (χ2n) is 7.82. The molecule has 13 nitrogen and oxygen atoms in total. The smallest absolute Gasteiger partial charge is 0.326 e. The topological polar surface area (TPSA) is 217 Å². The SMILES string of the molecule is CC(C)CC(NC(=O)C(CC(=O)O)NC(=O)C(N)CS)C(=O)NC(Cc1cnc[nH]1)C(=O)O. The molecule has 3 amide bonds. The van der Waals surface area contributed by atoms with E-state index in [-0.39, 0.29) is 24.5 Å². The highest BCUT2D eigenvalue weighted by Crippen LogP contribution is 2.08. The molecule has 1 heterocycles. The summed E-state index contributed by atoms with van der Waals surface area (Å²) in [5.74, 6) is -5.22. The molecule has 1 rings (SSSR count). The average Bonchev–Trinajstić information content (AvgIpc) is 3.23. The number of aromatic nitrogens is 2. The lowest BCUT2D eigenvalue weighted by molar-refractivity contribution is -0.143. The number of hydrogen-bond donors (Lipinski definition) is 8. The predicted octanol–water partition coefficient (Wildman–Crippen LogP) is -1.73. The summed E-state index contributed by atoms with van der Waals surface area (Å²) in [7, 11) is 0. The third kappa shape index (κ3) is 9.91. The van der Waals surface area contributed by atoms with Crippen LogP contribution in [0.2, 0.25) is 0 Å². The van der Waals surface area contributed by atoms with Crippen LogP contribution in [0.4, 0.5) is 0 Å². The van der Waals surface area contributed by atoms with Gasteiger partial charge < -0.3 is 36.9 Å². The summed E-state index contributed by atoms with van der Waals surface area (Å²) in [5.41, 5.74) is 6.04. The number of H-pyrrole nitrogens is 1. The zero-order chi connectivity index (χ0) is 25.1. The second-order valence-corrected chi connectivity index (χ2v) is 8.18. The zero-order valence-electron chi connectivity index (χ0n) is 18.3. The van der Waals surface area contributed by atoms with Gasteiger partial charge in [-0.05, 0) is 12.3 Å². The van der Waals surface area contributed by atoms with Crippen molar-refractivity contribution in [2.75, 3.05) is 5.75 Å². The molecular formula is C19H30N6O7S. The maximum absolute atomic E-state index is 12.8. The highest BCUT2D eigenvalue weighted by Gasteiger charge is 2.31. The molecular weight excluding hydrogens is 456 g/mol. The van der Waals surface area contributed by atoms with Crippen LogP contribution in [0, 0.1) is 5.92 Å². The molecule has 33 heavy (non-hydrogen) atoms. The van der Waals surface area contributed by atoms with E-state index in [9.17, 15) is 29.1 Å². The van der Waals surface area contributed by atoms with Gasteiger partial charge in [0.2, 0.25) is 17.7 Å². The van der Waals surface area contributed by atoms with Crippen molar-refractivity contribution < 1.29 is 34.2 Å². The molecule has 1 aromatic heterocycles. The summed E-state index contributed by atoms with van der Waals surface area (Å²) in [6, 6.07) is -5.03. The lowest BCUT2D eigenvalue weighted by Crippen LogP contribution is -2.58. The van der Waals surface area contributed by atoms with Gasteiger partial charge in [0.15, 0.2) is 0 Å². The van der Waals surface area contributed by atoms with Crippen molar-refractivity contribution in [1.82, 2.24) is 25.9 Å². The number of aromatic amines is 1. The first-order chi connectivity index (χ1) is 15.4. The Morgan fingerprint density at radius 3 is 2.09 bits per heavy atom. The van der Waals surface area contributed by atoms with Gasteiger partial charge >= 0.3 is 11.9 Å². The molecule has 0 aliphatic carbocycles. The van der Waals surface area contributed by atoms with E-state index in [1.54, 1.807) is 13.8 Å². The van der Waals surface area contributed by atoms with Crippen molar-refractivity contribution in [1.29, 1.82) is 0 Å². The molecule has 0 fully saturated rings. The number of nitrogens with two attached hydrogens (primary N) is 1. The fourth-order valence-electron chi connectivity index (χ4n) is 2.81. The molecule has 1 aromatic rings. The number of amides is 3. The Bertz CT molecular complexity index is 833. The van der Waals surface area contributed by atoms with Gasteiger partial charge in [0, 0.05) is 24.1 Å². The van der Waals surface area contributed by atoms with Crippen molar-refractivity contribution in [3.8, 4) is 0 Å². The van der Waals surface area contributed by atoms with E-state index in [0.717, 1.165) is 0 Å². The van der Waals surface area contributed by atoms with Crippen molar-refractivity contribution >= 4 is 42.3 Å². The van der Waals surface area contributed by atoms with E-state index in [0.29, 0.717) is 5.69 Å². The van der Waals surface area contributed by atoms with Crippen LogP contribution < -0.4 is 21.7 Å². The Balaban J connectivity index is 2.97. The van der Waals surface area contributed by atoms with Crippen LogP contribution >= 0.6 is 12.6 Å². The number of carboxylic acids is 2. The highest BCUT2D eigenvalue weighted by atomic mass is 32.1. The van der Waals surface area contributed by atoms with Gasteiger partial charge in [-0.15, -0.1) is 0 Å². The molecule has 14 heteroatoms. The molecule has 8 N–H and O–H groups in total. The predicted molar refractivity (Wildman–Crippen MR) is 119 cm³/mol. The Kier molecular flexibility index (Phi) is 11.4. The summed E-state index contributed by atoms with van der Waals surface area (Å²) >= 11 is 3.89. The highest BCUT2D eigenvalue weighted by molar-refractivity contribution is 7.80. The van der Waals surface area contributed by atoms with Gasteiger partial charge in [-0.25, -0.2) is 9.78 Å². The summed E-state index contributed by atoms with van der Waals surface area (Å²) in [4.78, 5) is 66.9. The maximum atomic E-state index is 12.8. The second kappa shape index (κ2) is 13.4. The van der Waals surface area contributed by atoms with Gasteiger partial charge in [0.05, 0.1) is 18.8 Å². The number of carbonyl (C=O) groups excluding carboxylic acids is 3. The van der Waals surface area contributed by atoms with Gasteiger partial charge in [0.1, 0.15) is 18.1 Å². The number of thiol groups is 1. The summed E-state index contributed by atoms with van der Waals surface area (Å²) in [5, 5.41) is 25.6. The summed E-state index contributed by atoms with van der Waals surface area (Å²) in [6.07, 6.45) is 2.11. The molecule has 184 valence electrons. The van der Waals surface area contributed by atoms with Crippen molar-refractivity contribution in [2.45, 2.75) is 57.3 Å². The molecule has 0 aliphatic heterocycles. The number of rotatable bonds is 14. The van der Waals surface area contributed by atoms with Crippen LogP contribution in [0.3, 0.4) is 0 Å². The lowest BCUT2D eigenvalue weighted by Gasteiger charge is -2.25. The first-order valence-corrected chi connectivity index (χ1v) is 10.8. The molecule has 0 saturated carbocycles. The minimum absolute atomic E-state index is 0.0292. The quantitative estimate of drug-likeness (QED) is 0.140. The number of imidazole rings is 1. The number of carboxylic acid groups (broad SMARTS) is 2. The molecule has 0 radical (unpaired) electrons. The minimum atomic E-state index is -1.50. The Hall–Kier alpha value is -3.13. The van der Waals surface area contributed by atoms with Crippen molar-refractivity contribution in [2.24, 2.45) is 11.7 Å². The van der Waals surface area contributed by atoms with Gasteiger partial charge in [0.25, 0.3) is 0 Å². The van der Waals surface area contributed by atoms with Crippen molar-refractivity contribution in [3.05, 3.63) is 18.2 Å². The van der Waals surface area contributed by atoms with Crippen LogP contribution in [0.5, 0.6) is 0 Å². The molecule has 4 atom stereocenters. The number of aliphatic carboxylic acids is 2. The van der Waals surface area contributed by atoms with Gasteiger partial charge in [-0.2, -0.15) is 12.6 Å². The number of hydrogen-bond acceptors (Lipinski definition) is 8. The van der Waals surface area contributed by atoms with E-state index in [1.165, 1.54) is 12.5 Å². The molecule has 0 aromatic carbocycles. The first-order valence-electron chi connectivity index (χ1n) is 10.1. The Morgan fingerprint density at radius 2 is 1.61 bits per heavy atom. The van der Waals surface area contributed by atoms with E-state index in [2.05, 4.69) is 38.5 Å². The fraction of sp³-hybridized carbons (Fsp3) is 0.579. The molecule has 4 unspecified atom stereocenters. The maximum Gasteiger partial charge on any atom is 0.326 e. The van der Waals surface area contributed by atoms with E-state index < -0.39 is 60.2 Å². The Morgan fingerprint density at radius 1 is 1.03 bits per heavy atom. The molecule has 0 saturated heterocycles. The largest absolute Gasteiger partial charge is 0.481 e. The van der Waals surface area contributed by atoms with E-state index in [1.807, 2.05) is 0 Å². The van der Waals surface area contributed by atoms with Crippen LogP contribution in [-0.4, -0.2) is 79.8 Å². The van der Waals surface area contributed by atoms with Gasteiger partial charge in [-0.3, -0.25) is 19.2 Å². The normalized spacial score (nSPS) is 14.6. The van der Waals surface area contributed by atoms with Gasteiger partial charge in [-0.1, -0.05) is 13.8 Å². The van der Waals surface area contributed by atoms with Crippen LogP contribution in [-0.2, 0) is 30.4 Å². The molecule has 0 aliphatic rings. The van der Waals surface area contributed by atoms with Crippen LogP contribution in [0.25, 0.3) is 0 Å². The monoisotopic (exact) mass is 486 g/mol. The summed E-state index contributed by atoms with van der Waals surface area (Å²) in [6.45, 7) is 3.57. The fourth-order valence-corrected chi connectivity index (χ4v) is 2.98. The Labute approximate surface area is 195 Å². The third-order valence-corrected chi connectivity index (χ3v) is 4.87. The molecule has 0 bridgehead atoms. The minimum Gasteiger partial charge on any atom is -0.481 e. The number of nitrogens with one attached hydrogen (secondary N) is 4. The van der Waals surface area contributed by atoms with Crippen molar-refractivity contribution in [3.63, 3.8) is 0 Å². The van der Waals surface area contributed by atoms with Crippen LogP contribution in [0.15, 0.2) is 12.5 Å². The zero-order valence-corrected chi connectivity index (χ0v) is 19.2. The lowest BCUT2D eigenvalue weighted by atomic mass is 10.0. The number of carbonyl (C=O) groups is 5. The average molecular weight is 487 g/mol. The molecule has 0 spiro atoms. The summed E-state index contributed by atoms with van der Waals surface area (Å²) < 4.78 is 0. The standard InChI is InChI=1S/C19H30N6O7S/c1-9(2)3-12(17(29)25-14(19(31)32)4-10-6-21-8-22-10)24-18(30)13(5-15(26)27)23-16(28)11(20)7-33/h6,8-9,11-14,33H,3-5,7,20H2,1-2H3,(H,21,22)(H,23,28)(H,24,30)(H,25,29)(H,26,27)(H,31,32). The first kappa shape index (κ1) is 27.9. The third-order valence-electron chi connectivity index (χ3n) is 4.48. The van der Waals surface area contributed by atoms with E-state index >= 15 is 0 Å². The van der Waals surface area contributed by atoms with Crippen LogP contribution in [0.1, 0.15) is 32.4 Å².